The largest absolute Gasteiger partial charge is 0.488 e. The van der Waals surface area contributed by atoms with Crippen molar-refractivity contribution in [2.24, 2.45) is 0 Å². The first-order valence-corrected chi connectivity index (χ1v) is 8.09. The van der Waals surface area contributed by atoms with Gasteiger partial charge in [0.2, 0.25) is 0 Å². The number of hydrogen-bond acceptors (Lipinski definition) is 2. The van der Waals surface area contributed by atoms with E-state index in [0.717, 1.165) is 43.5 Å². The van der Waals surface area contributed by atoms with E-state index in [1.165, 1.54) is 0 Å². The van der Waals surface area contributed by atoms with E-state index in [-0.39, 0.29) is 0 Å². The summed E-state index contributed by atoms with van der Waals surface area (Å²) < 4.78 is 7.21. The molecule has 22 heavy (non-hydrogen) atoms. The van der Waals surface area contributed by atoms with Crippen LogP contribution in [0.1, 0.15) is 22.4 Å². The summed E-state index contributed by atoms with van der Waals surface area (Å²) in [4.78, 5) is 4.73. The molecule has 0 aliphatic carbocycles. The first kappa shape index (κ1) is 15.0. The third-order valence-electron chi connectivity index (χ3n) is 3.90. The van der Waals surface area contributed by atoms with E-state index in [1.54, 1.807) is 0 Å². The van der Waals surface area contributed by atoms with Gasteiger partial charge in [0, 0.05) is 21.1 Å². The predicted molar refractivity (Wildman–Crippen MR) is 94.4 cm³/mol. The molecule has 2 aromatic carbocycles. The number of rotatable bonds is 3. The molecule has 112 valence electrons. The van der Waals surface area contributed by atoms with Gasteiger partial charge < -0.3 is 4.74 Å². The molecule has 0 aliphatic rings. The average Bonchev–Trinajstić information content (AvgIpc) is 2.50. The summed E-state index contributed by atoms with van der Waals surface area (Å²) in [6.45, 7) is 6.74. The zero-order valence-electron chi connectivity index (χ0n) is 13.0. The van der Waals surface area contributed by atoms with Crippen LogP contribution in [0.5, 0.6) is 5.75 Å². The van der Waals surface area contributed by atoms with Gasteiger partial charge in [-0.15, -0.1) is 0 Å². The van der Waals surface area contributed by atoms with Gasteiger partial charge in [0.15, 0.2) is 0 Å². The highest BCUT2D eigenvalue weighted by atomic mass is 79.9. The van der Waals surface area contributed by atoms with Crippen molar-refractivity contribution in [1.29, 1.82) is 0 Å². The molecule has 0 radical (unpaired) electrons. The Morgan fingerprint density at radius 2 is 1.77 bits per heavy atom. The second kappa shape index (κ2) is 6.09. The number of fused-ring (bicyclic) bond motifs is 1. The van der Waals surface area contributed by atoms with Gasteiger partial charge in [0.25, 0.3) is 0 Å². The third-order valence-corrected chi connectivity index (χ3v) is 4.36. The molecule has 0 unspecified atom stereocenters. The molecule has 3 rings (SSSR count). The summed E-state index contributed by atoms with van der Waals surface area (Å²) in [5.74, 6) is 0.927. The molecule has 0 spiro atoms. The Balaban J connectivity index is 2.09. The third kappa shape index (κ3) is 2.86. The molecule has 0 amide bonds. The van der Waals surface area contributed by atoms with Crippen LogP contribution in [0.3, 0.4) is 0 Å². The van der Waals surface area contributed by atoms with Gasteiger partial charge >= 0.3 is 0 Å². The molecule has 0 aliphatic heterocycles. The van der Waals surface area contributed by atoms with E-state index in [9.17, 15) is 0 Å². The molecular weight excluding hydrogens is 338 g/mol. The molecule has 3 heteroatoms. The van der Waals surface area contributed by atoms with Crippen LogP contribution in [0.2, 0.25) is 0 Å². The Morgan fingerprint density at radius 1 is 1.05 bits per heavy atom. The minimum atomic E-state index is 0.561. The van der Waals surface area contributed by atoms with Crippen LogP contribution < -0.4 is 4.74 Å². The van der Waals surface area contributed by atoms with Crippen molar-refractivity contribution in [3.05, 3.63) is 69.3 Å². The van der Waals surface area contributed by atoms with Crippen LogP contribution in [0, 0.1) is 20.8 Å². The van der Waals surface area contributed by atoms with E-state index < -0.39 is 0 Å². The molecule has 0 N–H and O–H groups in total. The van der Waals surface area contributed by atoms with Crippen LogP contribution in [0.15, 0.2) is 46.9 Å². The van der Waals surface area contributed by atoms with Crippen molar-refractivity contribution in [1.82, 2.24) is 4.98 Å². The standard InChI is InChI=1S/C19H18BrNO/c1-12-9-16(20)10-17-18(12)21-14(3)13(2)19(17)22-11-15-7-5-4-6-8-15/h4-10H,11H2,1-3H3. The van der Waals surface area contributed by atoms with E-state index in [0.29, 0.717) is 6.61 Å². The van der Waals surface area contributed by atoms with E-state index in [2.05, 4.69) is 54.0 Å². The summed E-state index contributed by atoms with van der Waals surface area (Å²) in [5.41, 5.74) is 5.43. The van der Waals surface area contributed by atoms with E-state index >= 15 is 0 Å². The van der Waals surface area contributed by atoms with Crippen LogP contribution in [-0.2, 0) is 6.61 Å². The number of benzene rings is 2. The number of aryl methyl sites for hydroxylation is 2. The van der Waals surface area contributed by atoms with Crippen molar-refractivity contribution >= 4 is 26.8 Å². The smallest absolute Gasteiger partial charge is 0.133 e. The van der Waals surface area contributed by atoms with E-state index in [4.69, 9.17) is 9.72 Å². The Hall–Kier alpha value is -1.87. The average molecular weight is 356 g/mol. The van der Waals surface area contributed by atoms with Crippen LogP contribution in [0.25, 0.3) is 10.9 Å². The molecular formula is C19H18BrNO. The zero-order valence-corrected chi connectivity index (χ0v) is 14.6. The van der Waals surface area contributed by atoms with Gasteiger partial charge in [-0.1, -0.05) is 46.3 Å². The van der Waals surface area contributed by atoms with Gasteiger partial charge in [-0.05, 0) is 44.0 Å². The number of ether oxygens (including phenoxy) is 1. The Kier molecular flexibility index (Phi) is 4.16. The molecule has 0 bridgehead atoms. The van der Waals surface area contributed by atoms with Crippen LogP contribution >= 0.6 is 15.9 Å². The fraction of sp³-hybridized carbons (Fsp3) is 0.211. The maximum Gasteiger partial charge on any atom is 0.133 e. The summed E-state index contributed by atoms with van der Waals surface area (Å²) in [7, 11) is 0. The minimum absolute atomic E-state index is 0.561. The highest BCUT2D eigenvalue weighted by Gasteiger charge is 2.13. The molecule has 1 heterocycles. The first-order chi connectivity index (χ1) is 10.6. The number of halogens is 1. The van der Waals surface area contributed by atoms with E-state index in [1.807, 2.05) is 25.1 Å². The van der Waals surface area contributed by atoms with Gasteiger partial charge in [0.1, 0.15) is 12.4 Å². The number of pyridine rings is 1. The van der Waals surface area contributed by atoms with Crippen LogP contribution in [0.4, 0.5) is 0 Å². The SMILES string of the molecule is Cc1nc2c(C)cc(Br)cc2c(OCc2ccccc2)c1C. The van der Waals surface area contributed by atoms with Crippen molar-refractivity contribution in [2.75, 3.05) is 0 Å². The normalized spacial score (nSPS) is 10.9. The van der Waals surface area contributed by atoms with Gasteiger partial charge in [-0.3, -0.25) is 4.98 Å². The van der Waals surface area contributed by atoms with Crippen molar-refractivity contribution in [2.45, 2.75) is 27.4 Å². The maximum absolute atomic E-state index is 6.17. The zero-order chi connectivity index (χ0) is 15.7. The Morgan fingerprint density at radius 3 is 2.50 bits per heavy atom. The fourth-order valence-electron chi connectivity index (χ4n) is 2.59. The minimum Gasteiger partial charge on any atom is -0.488 e. The molecule has 0 saturated carbocycles. The highest BCUT2D eigenvalue weighted by molar-refractivity contribution is 9.10. The van der Waals surface area contributed by atoms with Gasteiger partial charge in [-0.25, -0.2) is 0 Å². The lowest BCUT2D eigenvalue weighted by Gasteiger charge is -2.15. The monoisotopic (exact) mass is 355 g/mol. The topological polar surface area (TPSA) is 22.1 Å². The Bertz CT molecular complexity index is 828. The Labute approximate surface area is 139 Å². The lowest BCUT2D eigenvalue weighted by molar-refractivity contribution is 0.307. The summed E-state index contributed by atoms with van der Waals surface area (Å²) in [6, 6.07) is 14.4. The van der Waals surface area contributed by atoms with Crippen molar-refractivity contribution < 1.29 is 4.74 Å². The second-order valence-electron chi connectivity index (χ2n) is 5.54. The van der Waals surface area contributed by atoms with Crippen molar-refractivity contribution in [3.63, 3.8) is 0 Å². The van der Waals surface area contributed by atoms with Gasteiger partial charge in [-0.2, -0.15) is 0 Å². The molecule has 0 fully saturated rings. The quantitative estimate of drug-likeness (QED) is 0.618. The lowest BCUT2D eigenvalue weighted by atomic mass is 10.1. The molecule has 1 aromatic heterocycles. The number of hydrogen-bond donors (Lipinski definition) is 0. The summed E-state index contributed by atoms with van der Waals surface area (Å²) in [6.07, 6.45) is 0. The first-order valence-electron chi connectivity index (χ1n) is 7.30. The lowest BCUT2D eigenvalue weighted by Crippen LogP contribution is -2.01. The summed E-state index contributed by atoms with van der Waals surface area (Å²) >= 11 is 3.57. The molecule has 3 aromatic rings. The number of aromatic nitrogens is 1. The van der Waals surface area contributed by atoms with Crippen molar-refractivity contribution in [3.8, 4) is 5.75 Å². The predicted octanol–water partition coefficient (Wildman–Crippen LogP) is 5.50. The maximum atomic E-state index is 6.17. The van der Waals surface area contributed by atoms with Gasteiger partial charge in [0.05, 0.1) is 5.52 Å². The van der Waals surface area contributed by atoms with Crippen LogP contribution in [-0.4, -0.2) is 4.98 Å². The fourth-order valence-corrected chi connectivity index (χ4v) is 3.16. The number of nitrogens with zero attached hydrogens (tertiary/aromatic N) is 1. The highest BCUT2D eigenvalue weighted by Crippen LogP contribution is 2.34. The second-order valence-corrected chi connectivity index (χ2v) is 6.46. The molecule has 2 nitrogen and oxygen atoms in total. The summed E-state index contributed by atoms with van der Waals surface area (Å²) in [5, 5.41) is 1.06. The molecule has 0 saturated heterocycles. The molecule has 0 atom stereocenters.